The molecule has 5 nitrogen and oxygen atoms in total. The first-order valence-corrected chi connectivity index (χ1v) is 9.25. The molecule has 0 radical (unpaired) electrons. The highest BCUT2D eigenvalue weighted by atomic mass is 19.4. The van der Waals surface area contributed by atoms with Crippen LogP contribution < -0.4 is 10.3 Å². The Morgan fingerprint density at radius 3 is 2.48 bits per heavy atom. The lowest BCUT2D eigenvalue weighted by atomic mass is 9.89. The highest BCUT2D eigenvalue weighted by Crippen LogP contribution is 2.34. The molecule has 1 aromatic heterocycles. The van der Waals surface area contributed by atoms with Crippen LogP contribution in [0.15, 0.2) is 40.2 Å². The lowest BCUT2D eigenvalue weighted by Crippen LogP contribution is -2.28. The van der Waals surface area contributed by atoms with Gasteiger partial charge in [0.05, 0.1) is 18.4 Å². The summed E-state index contributed by atoms with van der Waals surface area (Å²) in [5, 5.41) is 13.7. The molecule has 1 aromatic carbocycles. The van der Waals surface area contributed by atoms with Gasteiger partial charge in [0.15, 0.2) is 0 Å². The highest BCUT2D eigenvalue weighted by Gasteiger charge is 2.36. The van der Waals surface area contributed by atoms with Gasteiger partial charge in [-0.3, -0.25) is 4.79 Å². The fraction of sp³-hybridized carbons (Fsp3) is 0.381. The average Bonchev–Trinajstić information content (AvgIpc) is 2.70. The maximum Gasteiger partial charge on any atom is 0.417 e. The maximum atomic E-state index is 13.5. The summed E-state index contributed by atoms with van der Waals surface area (Å²) in [7, 11) is 1.48. The molecule has 1 fully saturated rings. The summed E-state index contributed by atoms with van der Waals surface area (Å²) in [6.45, 7) is 1.98. The van der Waals surface area contributed by atoms with Crippen molar-refractivity contribution in [1.82, 2.24) is 4.68 Å². The van der Waals surface area contributed by atoms with Crippen LogP contribution in [0.2, 0.25) is 0 Å². The van der Waals surface area contributed by atoms with Gasteiger partial charge in [0.1, 0.15) is 17.4 Å². The summed E-state index contributed by atoms with van der Waals surface area (Å²) in [4.78, 5) is 12.9. The average molecular weight is 403 g/mol. The van der Waals surface area contributed by atoms with Gasteiger partial charge in [-0.25, -0.2) is 0 Å². The molecular formula is C21H20F3N3O2. The quantitative estimate of drug-likeness (QED) is 0.737. The first kappa shape index (κ1) is 20.6. The molecule has 1 saturated carbocycles. The van der Waals surface area contributed by atoms with Crippen molar-refractivity contribution in [2.24, 2.45) is 11.0 Å². The molecule has 0 amide bonds. The molecule has 152 valence electrons. The first-order valence-electron chi connectivity index (χ1n) is 9.25. The van der Waals surface area contributed by atoms with E-state index in [9.17, 15) is 23.2 Å². The largest absolute Gasteiger partial charge is 0.497 e. The van der Waals surface area contributed by atoms with Crippen LogP contribution in [0.3, 0.4) is 0 Å². The Balaban J connectivity index is 2.31. The van der Waals surface area contributed by atoms with Crippen LogP contribution in [0.1, 0.15) is 43.7 Å². The number of alkyl halides is 3. The Hall–Kier alpha value is -3.08. The van der Waals surface area contributed by atoms with E-state index in [0.29, 0.717) is 17.7 Å². The summed E-state index contributed by atoms with van der Waals surface area (Å²) < 4.78 is 46.6. The van der Waals surface area contributed by atoms with Crippen LogP contribution in [-0.4, -0.2) is 17.5 Å². The molecule has 8 heteroatoms. The van der Waals surface area contributed by atoms with Crippen molar-refractivity contribution >= 4 is 5.71 Å². The second kappa shape index (κ2) is 8.11. The second-order valence-electron chi connectivity index (χ2n) is 7.01. The summed E-state index contributed by atoms with van der Waals surface area (Å²) in [6, 6.07) is 8.52. The smallest absolute Gasteiger partial charge is 0.417 e. The normalized spacial score (nSPS) is 18.5. The van der Waals surface area contributed by atoms with Crippen molar-refractivity contribution in [3.63, 3.8) is 0 Å². The molecule has 1 heterocycles. The highest BCUT2D eigenvalue weighted by molar-refractivity contribution is 5.87. The minimum absolute atomic E-state index is 0.0192. The molecule has 1 atom stereocenters. The Bertz CT molecular complexity index is 1030. The van der Waals surface area contributed by atoms with E-state index in [4.69, 9.17) is 4.74 Å². The zero-order valence-corrected chi connectivity index (χ0v) is 16.1. The molecular weight excluding hydrogens is 383 g/mol. The zero-order chi connectivity index (χ0) is 21.2. The summed E-state index contributed by atoms with van der Waals surface area (Å²) in [6.07, 6.45) is -1.33. The van der Waals surface area contributed by atoms with Crippen LogP contribution in [0.4, 0.5) is 13.2 Å². The molecule has 0 spiro atoms. The van der Waals surface area contributed by atoms with E-state index in [1.54, 1.807) is 24.3 Å². The van der Waals surface area contributed by atoms with Crippen LogP contribution in [-0.2, 0) is 6.18 Å². The molecule has 0 bridgehead atoms. The predicted molar refractivity (Wildman–Crippen MR) is 103 cm³/mol. The Kier molecular flexibility index (Phi) is 5.78. The van der Waals surface area contributed by atoms with Crippen molar-refractivity contribution in [2.75, 3.05) is 7.11 Å². The molecule has 1 unspecified atom stereocenters. The number of hydrogen-bond acceptors (Lipinski definition) is 4. The number of nitrogens with zero attached hydrogens (tertiary/aromatic N) is 3. The van der Waals surface area contributed by atoms with Crippen molar-refractivity contribution in [3.8, 4) is 23.1 Å². The van der Waals surface area contributed by atoms with Gasteiger partial charge in [-0.1, -0.05) is 13.3 Å². The molecule has 1 aliphatic carbocycles. The van der Waals surface area contributed by atoms with Crippen LogP contribution >= 0.6 is 0 Å². The number of benzene rings is 1. The van der Waals surface area contributed by atoms with E-state index in [2.05, 4.69) is 5.10 Å². The molecule has 0 N–H and O–H groups in total. The van der Waals surface area contributed by atoms with E-state index in [1.807, 2.05) is 6.92 Å². The van der Waals surface area contributed by atoms with Crippen LogP contribution in [0.5, 0.6) is 5.75 Å². The topological polar surface area (TPSA) is 67.4 Å². The minimum atomic E-state index is -4.84. The fourth-order valence-corrected chi connectivity index (χ4v) is 3.45. The van der Waals surface area contributed by atoms with E-state index in [0.717, 1.165) is 35.7 Å². The van der Waals surface area contributed by atoms with Crippen molar-refractivity contribution in [1.29, 1.82) is 5.26 Å². The summed E-state index contributed by atoms with van der Waals surface area (Å²) in [5.41, 5.74) is -2.19. The third kappa shape index (κ3) is 4.19. The molecule has 0 saturated heterocycles. The molecule has 3 rings (SSSR count). The molecule has 29 heavy (non-hydrogen) atoms. The molecule has 1 aliphatic rings. The monoisotopic (exact) mass is 403 g/mol. The number of ether oxygens (including phenoxy) is 1. The second-order valence-corrected chi connectivity index (χ2v) is 7.01. The summed E-state index contributed by atoms with van der Waals surface area (Å²) >= 11 is 0. The van der Waals surface area contributed by atoms with E-state index >= 15 is 0 Å². The number of hydrogen-bond donors (Lipinski definition) is 0. The van der Waals surface area contributed by atoms with E-state index < -0.39 is 22.9 Å². The van der Waals surface area contributed by atoms with Gasteiger partial charge >= 0.3 is 6.18 Å². The van der Waals surface area contributed by atoms with E-state index in [1.165, 1.54) is 13.2 Å². The SMILES string of the molecule is COc1ccc(-c2cc(C(F)(F)F)c(C#N)c(=O)n2/N=C2/CCCCC2C)cc1. The Morgan fingerprint density at radius 2 is 1.93 bits per heavy atom. The number of methoxy groups -OCH3 is 1. The molecule has 2 aromatic rings. The minimum Gasteiger partial charge on any atom is -0.497 e. The number of nitriles is 1. The number of halogens is 3. The van der Waals surface area contributed by atoms with Gasteiger partial charge in [-0.15, -0.1) is 0 Å². The van der Waals surface area contributed by atoms with Crippen LogP contribution in [0, 0.1) is 17.2 Å². The predicted octanol–water partition coefficient (Wildman–Crippen LogP) is 4.83. The van der Waals surface area contributed by atoms with Gasteiger partial charge in [-0.05, 0) is 55.5 Å². The lowest BCUT2D eigenvalue weighted by Gasteiger charge is -2.21. The van der Waals surface area contributed by atoms with Crippen molar-refractivity contribution in [3.05, 3.63) is 51.8 Å². The molecule has 0 aliphatic heterocycles. The number of aromatic nitrogens is 1. The number of pyridine rings is 1. The fourth-order valence-electron chi connectivity index (χ4n) is 3.45. The lowest BCUT2D eigenvalue weighted by molar-refractivity contribution is -0.137. The van der Waals surface area contributed by atoms with Crippen molar-refractivity contribution < 1.29 is 17.9 Å². The van der Waals surface area contributed by atoms with Crippen molar-refractivity contribution in [2.45, 2.75) is 38.8 Å². The van der Waals surface area contributed by atoms with Gasteiger partial charge < -0.3 is 4.74 Å². The Labute approximate surface area is 166 Å². The van der Waals surface area contributed by atoms with Gasteiger partial charge in [-0.2, -0.15) is 28.2 Å². The van der Waals surface area contributed by atoms with Gasteiger partial charge in [0, 0.05) is 11.3 Å². The summed E-state index contributed by atoms with van der Waals surface area (Å²) in [5.74, 6) is 0.645. The maximum absolute atomic E-state index is 13.5. The van der Waals surface area contributed by atoms with Gasteiger partial charge in [0.2, 0.25) is 0 Å². The Morgan fingerprint density at radius 1 is 1.24 bits per heavy atom. The zero-order valence-electron chi connectivity index (χ0n) is 16.1. The van der Waals surface area contributed by atoms with E-state index in [-0.39, 0.29) is 11.6 Å². The van der Waals surface area contributed by atoms with Crippen LogP contribution in [0.25, 0.3) is 11.3 Å². The third-order valence-corrected chi connectivity index (χ3v) is 5.11. The third-order valence-electron chi connectivity index (χ3n) is 5.11. The first-order chi connectivity index (χ1) is 13.8. The number of rotatable bonds is 3. The standard InChI is InChI=1S/C21H20F3N3O2/c1-13-5-3-4-6-18(13)26-27-19(14-7-9-15(29-2)10-8-14)11-17(21(22,23)24)16(12-25)20(27)28/h7-11,13H,3-6H2,1-2H3/b26-18-. The van der Waals surface area contributed by atoms with Gasteiger partial charge in [0.25, 0.3) is 5.56 Å².